The molecular formula is C34H20N2OS. The van der Waals surface area contributed by atoms with Gasteiger partial charge in [-0.05, 0) is 35.4 Å². The number of hydrogen-bond acceptors (Lipinski definition) is 4. The second-order valence-electron chi connectivity index (χ2n) is 9.42. The third kappa shape index (κ3) is 3.35. The molecule has 0 saturated heterocycles. The van der Waals surface area contributed by atoms with Gasteiger partial charge in [-0.2, -0.15) is 0 Å². The van der Waals surface area contributed by atoms with E-state index in [9.17, 15) is 0 Å². The first-order chi connectivity index (χ1) is 18.8. The van der Waals surface area contributed by atoms with E-state index in [1.165, 1.54) is 15.8 Å². The van der Waals surface area contributed by atoms with E-state index in [1.807, 2.05) is 24.3 Å². The summed E-state index contributed by atoms with van der Waals surface area (Å²) in [7, 11) is 0. The van der Waals surface area contributed by atoms with Crippen molar-refractivity contribution in [2.75, 3.05) is 0 Å². The van der Waals surface area contributed by atoms with Crippen LogP contribution in [0.5, 0.6) is 0 Å². The average molecular weight is 505 g/mol. The van der Waals surface area contributed by atoms with Gasteiger partial charge in [-0.15, -0.1) is 11.3 Å². The van der Waals surface area contributed by atoms with Gasteiger partial charge in [-0.1, -0.05) is 97.1 Å². The summed E-state index contributed by atoms with van der Waals surface area (Å²) >= 11 is 1.74. The lowest BCUT2D eigenvalue weighted by atomic mass is 10.0. The number of thiophene rings is 1. The number of hydrogen-bond donors (Lipinski definition) is 0. The third-order valence-electron chi connectivity index (χ3n) is 7.12. The van der Waals surface area contributed by atoms with Gasteiger partial charge < -0.3 is 4.42 Å². The highest BCUT2D eigenvalue weighted by Gasteiger charge is 2.18. The molecular weight excluding hydrogens is 484 g/mol. The van der Waals surface area contributed by atoms with E-state index in [0.717, 1.165) is 60.2 Å². The summed E-state index contributed by atoms with van der Waals surface area (Å²) in [5.41, 5.74) is 8.07. The Morgan fingerprint density at radius 3 is 2.03 bits per heavy atom. The zero-order valence-corrected chi connectivity index (χ0v) is 21.1. The molecule has 0 N–H and O–H groups in total. The fourth-order valence-electron chi connectivity index (χ4n) is 5.23. The van der Waals surface area contributed by atoms with Gasteiger partial charge in [0.2, 0.25) is 0 Å². The topological polar surface area (TPSA) is 38.9 Å². The van der Waals surface area contributed by atoms with Crippen LogP contribution >= 0.6 is 11.3 Å². The van der Waals surface area contributed by atoms with Crippen LogP contribution in [0.3, 0.4) is 0 Å². The molecule has 0 bridgehead atoms. The fraction of sp³-hybridized carbons (Fsp3) is 0. The van der Waals surface area contributed by atoms with Crippen LogP contribution in [-0.2, 0) is 0 Å². The van der Waals surface area contributed by atoms with E-state index in [4.69, 9.17) is 14.4 Å². The molecule has 0 amide bonds. The molecule has 0 aliphatic rings. The lowest BCUT2D eigenvalue weighted by molar-refractivity contribution is 0.669. The van der Waals surface area contributed by atoms with Crippen LogP contribution in [0, 0.1) is 0 Å². The molecule has 0 aliphatic carbocycles. The van der Waals surface area contributed by atoms with Gasteiger partial charge in [0, 0.05) is 32.0 Å². The summed E-state index contributed by atoms with van der Waals surface area (Å²) < 4.78 is 8.51. The van der Waals surface area contributed by atoms with Crippen LogP contribution < -0.4 is 0 Å². The Bertz CT molecular complexity index is 2120. The van der Waals surface area contributed by atoms with Crippen molar-refractivity contribution in [2.24, 2.45) is 0 Å². The molecule has 3 aromatic heterocycles. The Kier molecular flexibility index (Phi) is 4.69. The quantitative estimate of drug-likeness (QED) is 0.240. The van der Waals surface area contributed by atoms with Gasteiger partial charge in [0.15, 0.2) is 5.82 Å². The molecule has 38 heavy (non-hydrogen) atoms. The van der Waals surface area contributed by atoms with Crippen molar-refractivity contribution in [3.05, 3.63) is 121 Å². The van der Waals surface area contributed by atoms with Crippen LogP contribution in [-0.4, -0.2) is 9.97 Å². The average Bonchev–Trinajstić information content (AvgIpc) is 3.55. The summed E-state index contributed by atoms with van der Waals surface area (Å²) in [5, 5.41) is 3.40. The smallest absolute Gasteiger partial charge is 0.160 e. The zero-order valence-electron chi connectivity index (χ0n) is 20.3. The minimum Gasteiger partial charge on any atom is -0.456 e. The lowest BCUT2D eigenvalue weighted by Gasteiger charge is -2.08. The summed E-state index contributed by atoms with van der Waals surface area (Å²) in [4.78, 5) is 10.3. The SMILES string of the molecule is c1ccc(-c2ccc(-c3nc(-c4ccc5c(c4)oc4ccccc45)c4sc5ccccc5c4n3)cc2)cc1. The maximum Gasteiger partial charge on any atom is 0.160 e. The number of rotatable bonds is 3. The van der Waals surface area contributed by atoms with Crippen molar-refractivity contribution in [3.8, 4) is 33.8 Å². The predicted octanol–water partition coefficient (Wildman–Crippen LogP) is 9.74. The molecule has 4 heteroatoms. The van der Waals surface area contributed by atoms with Gasteiger partial charge >= 0.3 is 0 Å². The molecule has 0 saturated carbocycles. The van der Waals surface area contributed by atoms with Gasteiger partial charge in [-0.25, -0.2) is 9.97 Å². The highest BCUT2D eigenvalue weighted by atomic mass is 32.1. The van der Waals surface area contributed by atoms with E-state index in [0.29, 0.717) is 0 Å². The van der Waals surface area contributed by atoms with E-state index < -0.39 is 0 Å². The van der Waals surface area contributed by atoms with Crippen molar-refractivity contribution >= 4 is 53.6 Å². The van der Waals surface area contributed by atoms with E-state index in [-0.39, 0.29) is 0 Å². The van der Waals surface area contributed by atoms with Crippen LogP contribution in [0.15, 0.2) is 126 Å². The molecule has 3 heterocycles. The van der Waals surface area contributed by atoms with E-state index in [1.54, 1.807) is 11.3 Å². The molecule has 0 unspecified atom stereocenters. The number of nitrogens with zero attached hydrogens (tertiary/aromatic N) is 2. The van der Waals surface area contributed by atoms with Gasteiger partial charge in [0.05, 0.1) is 15.9 Å². The zero-order chi connectivity index (χ0) is 25.1. The number of aromatic nitrogens is 2. The minimum absolute atomic E-state index is 0.723. The van der Waals surface area contributed by atoms with Crippen LogP contribution in [0.25, 0.3) is 76.0 Å². The molecule has 0 radical (unpaired) electrons. The van der Waals surface area contributed by atoms with Crippen molar-refractivity contribution in [1.82, 2.24) is 9.97 Å². The summed E-state index contributed by atoms with van der Waals surface area (Å²) in [6.07, 6.45) is 0. The minimum atomic E-state index is 0.723. The van der Waals surface area contributed by atoms with Crippen molar-refractivity contribution in [1.29, 1.82) is 0 Å². The Hall–Kier alpha value is -4.80. The van der Waals surface area contributed by atoms with Gasteiger partial charge in [0.25, 0.3) is 0 Å². The second kappa shape index (κ2) is 8.37. The largest absolute Gasteiger partial charge is 0.456 e. The van der Waals surface area contributed by atoms with Gasteiger partial charge in [0.1, 0.15) is 11.2 Å². The van der Waals surface area contributed by atoms with Crippen molar-refractivity contribution in [2.45, 2.75) is 0 Å². The Morgan fingerprint density at radius 1 is 0.500 bits per heavy atom. The second-order valence-corrected chi connectivity index (χ2v) is 10.5. The Balaban J connectivity index is 1.34. The molecule has 8 aromatic rings. The van der Waals surface area contributed by atoms with Crippen LogP contribution in [0.4, 0.5) is 0 Å². The standard InChI is InChI=1S/C34H20N2OS/c1-2-8-21(9-3-1)22-14-16-23(17-15-22)34-35-31(33-32(36-34)27-11-5-7-13-30(27)38-33)24-18-19-26-25-10-4-6-12-28(25)37-29(26)20-24/h1-20H. The first kappa shape index (κ1) is 21.3. The normalized spacial score (nSPS) is 11.7. The molecule has 0 fully saturated rings. The van der Waals surface area contributed by atoms with Crippen LogP contribution in [0.2, 0.25) is 0 Å². The van der Waals surface area contributed by atoms with E-state index in [2.05, 4.69) is 97.1 Å². The Labute approximate surface area is 222 Å². The van der Waals surface area contributed by atoms with Crippen LogP contribution in [0.1, 0.15) is 0 Å². The number of para-hydroxylation sites is 1. The molecule has 0 spiro atoms. The number of fused-ring (bicyclic) bond motifs is 6. The molecule has 5 aromatic carbocycles. The van der Waals surface area contributed by atoms with Crippen molar-refractivity contribution in [3.63, 3.8) is 0 Å². The Morgan fingerprint density at radius 2 is 1.16 bits per heavy atom. The molecule has 178 valence electrons. The number of benzene rings is 5. The van der Waals surface area contributed by atoms with Gasteiger partial charge in [-0.3, -0.25) is 0 Å². The highest BCUT2D eigenvalue weighted by Crippen LogP contribution is 2.41. The summed E-state index contributed by atoms with van der Waals surface area (Å²) in [6.45, 7) is 0. The highest BCUT2D eigenvalue weighted by molar-refractivity contribution is 7.26. The third-order valence-corrected chi connectivity index (χ3v) is 8.29. The first-order valence-electron chi connectivity index (χ1n) is 12.6. The maximum absolute atomic E-state index is 6.22. The fourth-order valence-corrected chi connectivity index (χ4v) is 6.38. The molecule has 8 rings (SSSR count). The van der Waals surface area contributed by atoms with E-state index >= 15 is 0 Å². The monoisotopic (exact) mass is 504 g/mol. The van der Waals surface area contributed by atoms with Crippen molar-refractivity contribution < 1.29 is 4.42 Å². The summed E-state index contributed by atoms with van der Waals surface area (Å²) in [6, 6.07) is 42.0. The predicted molar refractivity (Wildman–Crippen MR) is 159 cm³/mol. The molecule has 3 nitrogen and oxygen atoms in total. The number of furan rings is 1. The molecule has 0 aliphatic heterocycles. The molecule has 0 atom stereocenters. The summed E-state index contributed by atoms with van der Waals surface area (Å²) in [5.74, 6) is 0.723. The maximum atomic E-state index is 6.22. The first-order valence-corrected chi connectivity index (χ1v) is 13.4. The lowest BCUT2D eigenvalue weighted by Crippen LogP contribution is -1.93.